The Balaban J connectivity index is 1.77. The van der Waals surface area contributed by atoms with Crippen LogP contribution >= 0.6 is 15.9 Å². The van der Waals surface area contributed by atoms with E-state index in [4.69, 9.17) is 4.74 Å². The summed E-state index contributed by atoms with van der Waals surface area (Å²) in [5.74, 6) is -1.08. The molecule has 1 saturated heterocycles. The van der Waals surface area contributed by atoms with Gasteiger partial charge in [-0.05, 0) is 43.5 Å². The minimum atomic E-state index is -0.727. The van der Waals surface area contributed by atoms with Crippen molar-refractivity contribution in [2.75, 3.05) is 19.7 Å². The van der Waals surface area contributed by atoms with Crippen molar-refractivity contribution in [1.29, 1.82) is 0 Å². The zero-order chi connectivity index (χ0) is 22.2. The molecule has 1 fully saturated rings. The van der Waals surface area contributed by atoms with Crippen LogP contribution in [0.1, 0.15) is 35.7 Å². The number of esters is 1. The molecule has 2 aromatic rings. The minimum absolute atomic E-state index is 0.179. The lowest BCUT2D eigenvalue weighted by atomic mass is 9.96. The van der Waals surface area contributed by atoms with Gasteiger partial charge in [-0.3, -0.25) is 14.4 Å². The van der Waals surface area contributed by atoms with E-state index >= 15 is 0 Å². The molecule has 2 atom stereocenters. The van der Waals surface area contributed by atoms with E-state index < -0.39 is 6.04 Å². The average Bonchev–Trinajstić information content (AvgIpc) is 2.79. The predicted octanol–water partition coefficient (Wildman–Crippen LogP) is 3.59. The topological polar surface area (TPSA) is 75.7 Å². The van der Waals surface area contributed by atoms with Crippen LogP contribution in [0, 0.1) is 5.92 Å². The van der Waals surface area contributed by atoms with Gasteiger partial charge >= 0.3 is 5.97 Å². The number of halogens is 1. The third kappa shape index (κ3) is 6.40. The van der Waals surface area contributed by atoms with E-state index in [0.29, 0.717) is 38.1 Å². The summed E-state index contributed by atoms with van der Waals surface area (Å²) in [5, 5.41) is 2.91. The second-order valence-electron chi connectivity index (χ2n) is 7.60. The molecule has 164 valence electrons. The van der Waals surface area contributed by atoms with Crippen LogP contribution in [0.15, 0.2) is 59.1 Å². The van der Waals surface area contributed by atoms with E-state index in [9.17, 15) is 14.4 Å². The Labute approximate surface area is 191 Å². The molecule has 1 aliphatic heterocycles. The van der Waals surface area contributed by atoms with E-state index in [1.165, 1.54) is 0 Å². The Morgan fingerprint density at radius 2 is 1.94 bits per heavy atom. The van der Waals surface area contributed by atoms with Gasteiger partial charge in [0, 0.05) is 29.5 Å². The van der Waals surface area contributed by atoms with Gasteiger partial charge in [-0.25, -0.2) is 0 Å². The molecule has 2 aromatic carbocycles. The normalized spacial score (nSPS) is 17.0. The number of amides is 2. The number of likely N-dealkylation sites (tertiary alicyclic amines) is 1. The van der Waals surface area contributed by atoms with Gasteiger partial charge in [-0.2, -0.15) is 0 Å². The fraction of sp³-hybridized carbons (Fsp3) is 0.375. The number of hydrogen-bond donors (Lipinski definition) is 1. The Hall–Kier alpha value is -2.67. The highest BCUT2D eigenvalue weighted by Gasteiger charge is 2.33. The summed E-state index contributed by atoms with van der Waals surface area (Å²) in [5.41, 5.74) is 1.43. The Bertz CT molecular complexity index is 919. The highest BCUT2D eigenvalue weighted by Crippen LogP contribution is 2.20. The summed E-state index contributed by atoms with van der Waals surface area (Å²) in [7, 11) is 0. The smallest absolute Gasteiger partial charge is 0.310 e. The van der Waals surface area contributed by atoms with Crippen molar-refractivity contribution in [3.8, 4) is 0 Å². The minimum Gasteiger partial charge on any atom is -0.466 e. The van der Waals surface area contributed by atoms with Crippen LogP contribution in [0.2, 0.25) is 0 Å². The first kappa shape index (κ1) is 23.0. The van der Waals surface area contributed by atoms with Crippen LogP contribution in [0.25, 0.3) is 0 Å². The highest BCUT2D eigenvalue weighted by molar-refractivity contribution is 9.10. The average molecular weight is 487 g/mol. The van der Waals surface area contributed by atoms with Gasteiger partial charge in [0.05, 0.1) is 12.5 Å². The fourth-order valence-electron chi connectivity index (χ4n) is 3.77. The first-order valence-electron chi connectivity index (χ1n) is 10.5. The number of ether oxygens (including phenoxy) is 1. The van der Waals surface area contributed by atoms with Crippen molar-refractivity contribution in [1.82, 2.24) is 10.2 Å². The largest absolute Gasteiger partial charge is 0.466 e. The summed E-state index contributed by atoms with van der Waals surface area (Å²) in [6.45, 7) is 2.97. The molecule has 0 spiro atoms. The molecule has 0 aromatic heterocycles. The Morgan fingerprint density at radius 1 is 1.16 bits per heavy atom. The SMILES string of the molecule is CCOC(=O)C1CCCN(C(=O)C(Cc2ccccc2)NC(=O)c2cccc(Br)c2)C1. The first-order valence-corrected chi connectivity index (χ1v) is 11.3. The number of benzene rings is 2. The molecule has 1 heterocycles. The van der Waals surface area contributed by atoms with Crippen LogP contribution in [-0.4, -0.2) is 48.4 Å². The number of hydrogen-bond acceptors (Lipinski definition) is 4. The predicted molar refractivity (Wildman–Crippen MR) is 121 cm³/mol. The first-order chi connectivity index (χ1) is 15.0. The molecule has 31 heavy (non-hydrogen) atoms. The summed E-state index contributed by atoms with van der Waals surface area (Å²) >= 11 is 3.38. The lowest BCUT2D eigenvalue weighted by molar-refractivity contribution is -0.151. The van der Waals surface area contributed by atoms with Crippen molar-refractivity contribution in [2.45, 2.75) is 32.2 Å². The maximum atomic E-state index is 13.4. The number of carbonyl (C=O) groups excluding carboxylic acids is 3. The van der Waals surface area contributed by atoms with Crippen molar-refractivity contribution >= 4 is 33.7 Å². The molecule has 0 saturated carbocycles. The standard InChI is InChI=1S/C24H27BrN2O4/c1-2-31-24(30)19-11-7-13-27(16-19)23(29)21(14-17-8-4-3-5-9-17)26-22(28)18-10-6-12-20(25)15-18/h3-6,8-10,12,15,19,21H,2,7,11,13-14,16H2,1H3,(H,26,28). The van der Waals surface area contributed by atoms with Gasteiger partial charge in [0.15, 0.2) is 0 Å². The van der Waals surface area contributed by atoms with Crippen LogP contribution in [0.4, 0.5) is 0 Å². The summed E-state index contributed by atoms with van der Waals surface area (Å²) < 4.78 is 5.94. The third-order valence-corrected chi connectivity index (χ3v) is 5.82. The van der Waals surface area contributed by atoms with E-state index in [2.05, 4.69) is 21.2 Å². The number of piperidine rings is 1. The van der Waals surface area contributed by atoms with Gasteiger partial charge in [-0.15, -0.1) is 0 Å². The van der Waals surface area contributed by atoms with Crippen LogP contribution < -0.4 is 5.32 Å². The number of rotatable bonds is 7. The maximum absolute atomic E-state index is 13.4. The molecule has 3 rings (SSSR count). The Morgan fingerprint density at radius 3 is 2.65 bits per heavy atom. The molecule has 0 radical (unpaired) electrons. The van der Waals surface area contributed by atoms with Crippen molar-refractivity contribution in [3.63, 3.8) is 0 Å². The Kier molecular flexibility index (Phi) is 8.23. The van der Waals surface area contributed by atoms with Gasteiger partial charge in [0.1, 0.15) is 6.04 Å². The van der Waals surface area contributed by atoms with Crippen LogP contribution in [0.3, 0.4) is 0 Å². The molecule has 0 bridgehead atoms. The van der Waals surface area contributed by atoms with E-state index in [0.717, 1.165) is 16.5 Å². The van der Waals surface area contributed by atoms with Crippen LogP contribution in [-0.2, 0) is 20.7 Å². The molecule has 0 aliphatic carbocycles. The lowest BCUT2D eigenvalue weighted by Gasteiger charge is -2.34. The molecule has 1 aliphatic rings. The zero-order valence-corrected chi connectivity index (χ0v) is 19.1. The van der Waals surface area contributed by atoms with Crippen molar-refractivity contribution in [3.05, 3.63) is 70.2 Å². The molecule has 7 heteroatoms. The van der Waals surface area contributed by atoms with Gasteiger partial charge in [0.2, 0.25) is 5.91 Å². The van der Waals surface area contributed by atoms with Gasteiger partial charge in [0.25, 0.3) is 5.91 Å². The fourth-order valence-corrected chi connectivity index (χ4v) is 4.17. The summed E-state index contributed by atoms with van der Waals surface area (Å²) in [4.78, 5) is 40.1. The number of nitrogens with zero attached hydrogens (tertiary/aromatic N) is 1. The second-order valence-corrected chi connectivity index (χ2v) is 8.52. The van der Waals surface area contributed by atoms with E-state index in [1.54, 1.807) is 30.0 Å². The quantitative estimate of drug-likeness (QED) is 0.606. The second kappa shape index (κ2) is 11.1. The molecule has 1 N–H and O–H groups in total. The number of carbonyl (C=O) groups is 3. The van der Waals surface area contributed by atoms with Crippen molar-refractivity contribution in [2.24, 2.45) is 5.92 Å². The highest BCUT2D eigenvalue weighted by atomic mass is 79.9. The number of nitrogens with one attached hydrogen (secondary N) is 1. The van der Waals surface area contributed by atoms with Crippen LogP contribution in [0.5, 0.6) is 0 Å². The maximum Gasteiger partial charge on any atom is 0.310 e. The van der Waals surface area contributed by atoms with E-state index in [1.807, 2.05) is 36.4 Å². The zero-order valence-electron chi connectivity index (χ0n) is 17.6. The van der Waals surface area contributed by atoms with Crippen molar-refractivity contribution < 1.29 is 19.1 Å². The summed E-state index contributed by atoms with van der Waals surface area (Å²) in [6.07, 6.45) is 1.81. The van der Waals surface area contributed by atoms with Gasteiger partial charge < -0.3 is 15.0 Å². The monoisotopic (exact) mass is 486 g/mol. The molecular formula is C24H27BrN2O4. The molecule has 2 amide bonds. The lowest BCUT2D eigenvalue weighted by Crippen LogP contribution is -2.53. The van der Waals surface area contributed by atoms with Gasteiger partial charge in [-0.1, -0.05) is 52.3 Å². The molecule has 6 nitrogen and oxygen atoms in total. The molecule has 2 unspecified atom stereocenters. The summed E-state index contributed by atoms with van der Waals surface area (Å²) in [6, 6.07) is 15.9. The van der Waals surface area contributed by atoms with E-state index in [-0.39, 0.29) is 23.7 Å². The molecular weight excluding hydrogens is 460 g/mol. The third-order valence-electron chi connectivity index (χ3n) is 5.33.